The molecule has 92 valence electrons. The molecule has 0 saturated carbocycles. The van der Waals surface area contributed by atoms with Crippen LogP contribution in [0.4, 0.5) is 0 Å². The van der Waals surface area contributed by atoms with Crippen molar-refractivity contribution >= 4 is 23.0 Å². The van der Waals surface area contributed by atoms with Crippen LogP contribution in [0.1, 0.15) is 26.6 Å². The van der Waals surface area contributed by atoms with Gasteiger partial charge in [0.05, 0.1) is 11.8 Å². The molecule has 4 heteroatoms. The Hall–Kier alpha value is -2.75. The molecule has 2 aromatic heterocycles. The Kier molecular flexibility index (Phi) is 2.68. The fraction of sp³-hybridized carbons (Fsp3) is 0. The van der Waals surface area contributed by atoms with E-state index in [1.165, 1.54) is 6.26 Å². The zero-order valence-corrected chi connectivity index (χ0v) is 9.87. The predicted octanol–water partition coefficient (Wildman–Crippen LogP) is 2.87. The Balaban J connectivity index is 2.22. The number of carbonyl (C=O) groups is 2. The second kappa shape index (κ2) is 4.49. The van der Waals surface area contributed by atoms with Crippen molar-refractivity contribution < 1.29 is 14.0 Å². The highest BCUT2D eigenvalue weighted by atomic mass is 16.3. The molecule has 0 aliphatic heterocycles. The summed E-state index contributed by atoms with van der Waals surface area (Å²) in [7, 11) is 0. The van der Waals surface area contributed by atoms with E-state index in [9.17, 15) is 9.59 Å². The van der Waals surface area contributed by atoms with Crippen LogP contribution in [0.5, 0.6) is 0 Å². The van der Waals surface area contributed by atoms with Gasteiger partial charge in [-0.1, -0.05) is 18.2 Å². The van der Waals surface area contributed by atoms with Crippen LogP contribution in [-0.4, -0.2) is 17.1 Å². The lowest BCUT2D eigenvalue weighted by Gasteiger charge is -2.04. The number of fused-ring (bicyclic) bond motifs is 1. The Morgan fingerprint density at radius 1 is 1.16 bits per heavy atom. The summed E-state index contributed by atoms with van der Waals surface area (Å²) in [6.07, 6.45) is 2.05. The summed E-state index contributed by atoms with van der Waals surface area (Å²) in [6, 6.07) is 12.1. The Morgan fingerprint density at radius 3 is 2.74 bits per heavy atom. The molecule has 3 rings (SSSR count). The van der Waals surface area contributed by atoms with Crippen molar-refractivity contribution in [1.82, 2.24) is 4.98 Å². The summed E-state index contributed by atoms with van der Waals surface area (Å²) in [5.74, 6) is -0.219. The van der Waals surface area contributed by atoms with Gasteiger partial charge in [-0.05, 0) is 24.3 Å². The lowest BCUT2D eigenvalue weighted by molar-refractivity contribution is 0.0997. The first-order valence-corrected chi connectivity index (χ1v) is 5.73. The van der Waals surface area contributed by atoms with Crippen LogP contribution < -0.4 is 0 Å². The third-order valence-corrected chi connectivity index (χ3v) is 2.84. The summed E-state index contributed by atoms with van der Waals surface area (Å²) < 4.78 is 5.06. The van der Waals surface area contributed by atoms with Gasteiger partial charge in [0, 0.05) is 10.9 Å². The first-order chi connectivity index (χ1) is 9.29. The fourth-order valence-corrected chi connectivity index (χ4v) is 1.93. The molecule has 0 aliphatic rings. The first-order valence-electron chi connectivity index (χ1n) is 5.73. The first kappa shape index (κ1) is 11.3. The number of para-hydroxylation sites is 1. The Morgan fingerprint density at radius 2 is 2.00 bits per heavy atom. The maximum Gasteiger partial charge on any atom is 0.247 e. The van der Waals surface area contributed by atoms with Gasteiger partial charge in [0.1, 0.15) is 5.69 Å². The van der Waals surface area contributed by atoms with Crippen molar-refractivity contribution in [1.29, 1.82) is 0 Å². The number of furan rings is 1. The van der Waals surface area contributed by atoms with Crippen molar-refractivity contribution in [2.45, 2.75) is 0 Å². The SMILES string of the molecule is O=Cc1cc2ccccc2nc1C(=O)c1ccco1. The highest BCUT2D eigenvalue weighted by Crippen LogP contribution is 2.18. The van der Waals surface area contributed by atoms with Gasteiger partial charge in [0.15, 0.2) is 12.0 Å². The van der Waals surface area contributed by atoms with Gasteiger partial charge in [-0.2, -0.15) is 0 Å². The third kappa shape index (κ3) is 1.93. The average Bonchev–Trinajstić information content (AvgIpc) is 2.99. The molecule has 19 heavy (non-hydrogen) atoms. The van der Waals surface area contributed by atoms with Crippen LogP contribution in [0.25, 0.3) is 10.9 Å². The Bertz CT molecular complexity index is 760. The largest absolute Gasteiger partial charge is 0.461 e. The normalized spacial score (nSPS) is 10.5. The van der Waals surface area contributed by atoms with E-state index in [-0.39, 0.29) is 17.0 Å². The molecule has 0 spiro atoms. The van der Waals surface area contributed by atoms with Crippen LogP contribution in [0, 0.1) is 0 Å². The van der Waals surface area contributed by atoms with Gasteiger partial charge in [-0.15, -0.1) is 0 Å². The van der Waals surface area contributed by atoms with Gasteiger partial charge in [-0.3, -0.25) is 9.59 Å². The van der Waals surface area contributed by atoms with E-state index in [1.54, 1.807) is 24.3 Å². The summed E-state index contributed by atoms with van der Waals surface area (Å²) in [6.45, 7) is 0. The van der Waals surface area contributed by atoms with Crippen LogP contribution in [0.3, 0.4) is 0 Å². The monoisotopic (exact) mass is 251 g/mol. The number of pyridine rings is 1. The summed E-state index contributed by atoms with van der Waals surface area (Å²) >= 11 is 0. The topological polar surface area (TPSA) is 60.2 Å². The van der Waals surface area contributed by atoms with E-state index >= 15 is 0 Å². The number of carbonyl (C=O) groups excluding carboxylic acids is 2. The molecule has 2 heterocycles. The molecule has 0 saturated heterocycles. The second-order valence-corrected chi connectivity index (χ2v) is 4.04. The third-order valence-electron chi connectivity index (χ3n) is 2.84. The number of aldehydes is 1. The summed E-state index contributed by atoms with van der Waals surface area (Å²) in [5, 5.41) is 0.820. The van der Waals surface area contributed by atoms with Crippen LogP contribution in [-0.2, 0) is 0 Å². The van der Waals surface area contributed by atoms with E-state index in [0.29, 0.717) is 11.8 Å². The minimum atomic E-state index is -0.391. The van der Waals surface area contributed by atoms with Crippen molar-refractivity contribution in [3.63, 3.8) is 0 Å². The molecular weight excluding hydrogens is 242 g/mol. The minimum absolute atomic E-state index is 0.114. The van der Waals surface area contributed by atoms with E-state index < -0.39 is 5.78 Å². The quantitative estimate of drug-likeness (QED) is 0.530. The predicted molar refractivity (Wildman–Crippen MR) is 69.3 cm³/mol. The number of aromatic nitrogens is 1. The maximum absolute atomic E-state index is 12.2. The van der Waals surface area contributed by atoms with Gasteiger partial charge >= 0.3 is 0 Å². The van der Waals surface area contributed by atoms with E-state index in [2.05, 4.69) is 4.98 Å². The molecule has 0 amide bonds. The number of hydrogen-bond donors (Lipinski definition) is 0. The van der Waals surface area contributed by atoms with Crippen molar-refractivity contribution in [3.05, 3.63) is 65.7 Å². The van der Waals surface area contributed by atoms with Gasteiger partial charge in [-0.25, -0.2) is 4.98 Å². The van der Waals surface area contributed by atoms with Crippen LogP contribution >= 0.6 is 0 Å². The van der Waals surface area contributed by atoms with E-state index in [0.717, 1.165) is 5.39 Å². The molecule has 0 N–H and O–H groups in total. The number of benzene rings is 1. The molecule has 0 radical (unpaired) electrons. The highest BCUT2D eigenvalue weighted by Gasteiger charge is 2.18. The number of rotatable bonds is 3. The molecule has 0 aliphatic carbocycles. The number of nitrogens with zero attached hydrogens (tertiary/aromatic N) is 1. The molecule has 0 atom stereocenters. The smallest absolute Gasteiger partial charge is 0.247 e. The molecule has 0 bridgehead atoms. The zero-order valence-electron chi connectivity index (χ0n) is 9.87. The summed E-state index contributed by atoms with van der Waals surface area (Å²) in [4.78, 5) is 27.6. The standard InChI is InChI=1S/C15H9NO3/c17-9-11-8-10-4-1-2-5-12(10)16-14(11)15(18)13-6-3-7-19-13/h1-9H. The highest BCUT2D eigenvalue weighted by molar-refractivity contribution is 6.11. The molecule has 1 aromatic carbocycles. The van der Waals surface area contributed by atoms with Crippen LogP contribution in [0.15, 0.2) is 53.1 Å². The second-order valence-electron chi connectivity index (χ2n) is 4.04. The maximum atomic E-state index is 12.2. The van der Waals surface area contributed by atoms with Crippen molar-refractivity contribution in [2.24, 2.45) is 0 Å². The van der Waals surface area contributed by atoms with Crippen molar-refractivity contribution in [2.75, 3.05) is 0 Å². The average molecular weight is 251 g/mol. The van der Waals surface area contributed by atoms with E-state index in [4.69, 9.17) is 4.42 Å². The van der Waals surface area contributed by atoms with Gasteiger partial charge in [0.25, 0.3) is 0 Å². The number of ketones is 1. The van der Waals surface area contributed by atoms with Crippen molar-refractivity contribution in [3.8, 4) is 0 Å². The molecule has 4 nitrogen and oxygen atoms in total. The van der Waals surface area contributed by atoms with E-state index in [1.807, 2.05) is 18.2 Å². The van der Waals surface area contributed by atoms with Crippen LogP contribution in [0.2, 0.25) is 0 Å². The minimum Gasteiger partial charge on any atom is -0.461 e. The number of hydrogen-bond acceptors (Lipinski definition) is 4. The molecular formula is C15H9NO3. The fourth-order valence-electron chi connectivity index (χ4n) is 1.93. The van der Waals surface area contributed by atoms with Gasteiger partial charge in [0.2, 0.25) is 5.78 Å². The lowest BCUT2D eigenvalue weighted by Crippen LogP contribution is -2.07. The molecule has 0 unspecified atom stereocenters. The Labute approximate surface area is 108 Å². The lowest BCUT2D eigenvalue weighted by atomic mass is 10.1. The summed E-state index contributed by atoms with van der Waals surface area (Å²) in [5.41, 5.74) is 1.05. The zero-order chi connectivity index (χ0) is 13.2. The van der Waals surface area contributed by atoms with Gasteiger partial charge < -0.3 is 4.42 Å². The molecule has 3 aromatic rings. The molecule has 0 fully saturated rings.